The van der Waals surface area contributed by atoms with Crippen molar-refractivity contribution in [3.63, 3.8) is 0 Å². The lowest BCUT2D eigenvalue weighted by atomic mass is 10.2. The van der Waals surface area contributed by atoms with Gasteiger partial charge in [-0.1, -0.05) is 0 Å². The fourth-order valence-electron chi connectivity index (χ4n) is 1.47. The van der Waals surface area contributed by atoms with Crippen molar-refractivity contribution in [2.75, 3.05) is 38.0 Å². The predicted molar refractivity (Wildman–Crippen MR) is 66.6 cm³/mol. The van der Waals surface area contributed by atoms with Crippen LogP contribution in [0.3, 0.4) is 0 Å². The Kier molecular flexibility index (Phi) is 4.01. The van der Waals surface area contributed by atoms with Gasteiger partial charge in [-0.25, -0.2) is 0 Å². The SMILES string of the molecule is COc1ccc(NC(=O)COC2COC2)c(N)c1. The minimum absolute atomic E-state index is 0.000500. The van der Waals surface area contributed by atoms with Crippen LogP contribution in [-0.4, -0.2) is 38.9 Å². The molecule has 0 radical (unpaired) electrons. The predicted octanol–water partition coefficient (Wildman–Crippen LogP) is 0.631. The number of benzene rings is 1. The van der Waals surface area contributed by atoms with Gasteiger partial charge in [0, 0.05) is 6.07 Å². The molecule has 0 saturated carbocycles. The molecule has 1 heterocycles. The Hall–Kier alpha value is -1.79. The Bertz CT molecular complexity index is 432. The van der Waals surface area contributed by atoms with Crippen LogP contribution in [0.15, 0.2) is 18.2 Å². The largest absolute Gasteiger partial charge is 0.497 e. The Morgan fingerprint density at radius 2 is 2.33 bits per heavy atom. The van der Waals surface area contributed by atoms with Gasteiger partial charge in [0.2, 0.25) is 5.91 Å². The lowest BCUT2D eigenvalue weighted by Gasteiger charge is -2.25. The van der Waals surface area contributed by atoms with Crippen molar-refractivity contribution >= 4 is 17.3 Å². The maximum absolute atomic E-state index is 11.6. The first-order valence-corrected chi connectivity index (χ1v) is 5.61. The number of anilines is 2. The van der Waals surface area contributed by atoms with Gasteiger partial charge < -0.3 is 25.3 Å². The van der Waals surface area contributed by atoms with Crippen LogP contribution in [0, 0.1) is 0 Å². The van der Waals surface area contributed by atoms with Crippen molar-refractivity contribution < 1.29 is 19.0 Å². The summed E-state index contributed by atoms with van der Waals surface area (Å²) in [5.41, 5.74) is 6.79. The molecule has 6 heteroatoms. The number of nitrogen functional groups attached to an aromatic ring is 1. The highest BCUT2D eigenvalue weighted by atomic mass is 16.6. The van der Waals surface area contributed by atoms with E-state index in [-0.39, 0.29) is 18.6 Å². The summed E-state index contributed by atoms with van der Waals surface area (Å²) in [6.45, 7) is 1.11. The van der Waals surface area contributed by atoms with Gasteiger partial charge in [0.1, 0.15) is 18.5 Å². The Labute approximate surface area is 105 Å². The van der Waals surface area contributed by atoms with Crippen molar-refractivity contribution in [1.82, 2.24) is 0 Å². The van der Waals surface area contributed by atoms with E-state index in [0.29, 0.717) is 30.3 Å². The monoisotopic (exact) mass is 252 g/mol. The zero-order valence-corrected chi connectivity index (χ0v) is 10.1. The first-order chi connectivity index (χ1) is 8.69. The van der Waals surface area contributed by atoms with Gasteiger partial charge in [0.15, 0.2) is 0 Å². The molecule has 0 atom stereocenters. The third kappa shape index (κ3) is 3.12. The number of hydrogen-bond acceptors (Lipinski definition) is 5. The second-order valence-electron chi connectivity index (χ2n) is 3.97. The van der Waals surface area contributed by atoms with Crippen LogP contribution in [0.1, 0.15) is 0 Å². The van der Waals surface area contributed by atoms with E-state index in [2.05, 4.69) is 5.32 Å². The van der Waals surface area contributed by atoms with E-state index in [9.17, 15) is 4.79 Å². The Morgan fingerprint density at radius 1 is 1.56 bits per heavy atom. The highest BCUT2D eigenvalue weighted by molar-refractivity contribution is 5.94. The molecule has 0 aromatic heterocycles. The van der Waals surface area contributed by atoms with Crippen LogP contribution >= 0.6 is 0 Å². The summed E-state index contributed by atoms with van der Waals surface area (Å²) >= 11 is 0. The number of methoxy groups -OCH3 is 1. The number of nitrogens with two attached hydrogens (primary N) is 1. The molecule has 1 aromatic rings. The molecule has 1 amide bonds. The quantitative estimate of drug-likeness (QED) is 0.751. The number of hydrogen-bond donors (Lipinski definition) is 2. The summed E-state index contributed by atoms with van der Waals surface area (Å²) in [5.74, 6) is 0.409. The van der Waals surface area contributed by atoms with Crippen LogP contribution < -0.4 is 15.8 Å². The number of amides is 1. The molecule has 18 heavy (non-hydrogen) atoms. The minimum Gasteiger partial charge on any atom is -0.497 e. The summed E-state index contributed by atoms with van der Waals surface area (Å²) < 4.78 is 15.3. The molecule has 0 aliphatic carbocycles. The smallest absolute Gasteiger partial charge is 0.250 e. The van der Waals surface area contributed by atoms with E-state index in [0.717, 1.165) is 0 Å². The van der Waals surface area contributed by atoms with Crippen molar-refractivity contribution in [1.29, 1.82) is 0 Å². The van der Waals surface area contributed by atoms with Crippen LogP contribution in [0.5, 0.6) is 5.75 Å². The number of rotatable bonds is 5. The number of ether oxygens (including phenoxy) is 3. The summed E-state index contributed by atoms with van der Waals surface area (Å²) in [5, 5.41) is 2.68. The molecule has 2 rings (SSSR count). The number of carbonyl (C=O) groups is 1. The Balaban J connectivity index is 1.85. The van der Waals surface area contributed by atoms with Crippen molar-refractivity contribution in [2.45, 2.75) is 6.10 Å². The van der Waals surface area contributed by atoms with Crippen LogP contribution in [0.4, 0.5) is 11.4 Å². The topological polar surface area (TPSA) is 82.8 Å². The van der Waals surface area contributed by atoms with Crippen LogP contribution in [0.25, 0.3) is 0 Å². The molecule has 0 bridgehead atoms. The Morgan fingerprint density at radius 3 is 2.89 bits per heavy atom. The lowest BCUT2D eigenvalue weighted by molar-refractivity contribution is -0.144. The van der Waals surface area contributed by atoms with E-state index in [1.165, 1.54) is 0 Å². The van der Waals surface area contributed by atoms with Gasteiger partial charge >= 0.3 is 0 Å². The molecule has 1 aliphatic heterocycles. The van der Waals surface area contributed by atoms with Crippen molar-refractivity contribution in [2.24, 2.45) is 0 Å². The molecule has 3 N–H and O–H groups in total. The second-order valence-corrected chi connectivity index (χ2v) is 3.97. The van der Waals surface area contributed by atoms with Gasteiger partial charge in [-0.05, 0) is 12.1 Å². The van der Waals surface area contributed by atoms with Crippen molar-refractivity contribution in [3.05, 3.63) is 18.2 Å². The number of carbonyl (C=O) groups excluding carboxylic acids is 1. The zero-order valence-electron chi connectivity index (χ0n) is 10.1. The molecular formula is C12H16N2O4. The average Bonchev–Trinajstić information content (AvgIpc) is 2.29. The van der Waals surface area contributed by atoms with Gasteiger partial charge in [-0.2, -0.15) is 0 Å². The molecular weight excluding hydrogens is 236 g/mol. The fourth-order valence-corrected chi connectivity index (χ4v) is 1.47. The molecule has 1 aromatic carbocycles. The second kappa shape index (κ2) is 5.70. The molecule has 1 saturated heterocycles. The van der Waals surface area contributed by atoms with E-state index < -0.39 is 0 Å². The average molecular weight is 252 g/mol. The van der Waals surface area contributed by atoms with Gasteiger partial charge in [-0.15, -0.1) is 0 Å². The maximum atomic E-state index is 11.6. The van der Waals surface area contributed by atoms with Crippen LogP contribution in [0.2, 0.25) is 0 Å². The highest BCUT2D eigenvalue weighted by Gasteiger charge is 2.20. The third-order valence-corrected chi connectivity index (χ3v) is 2.59. The third-order valence-electron chi connectivity index (χ3n) is 2.59. The molecule has 0 unspecified atom stereocenters. The summed E-state index contributed by atoms with van der Waals surface area (Å²) in [6, 6.07) is 5.07. The normalized spacial score (nSPS) is 14.9. The lowest BCUT2D eigenvalue weighted by Crippen LogP contribution is -2.38. The number of nitrogens with one attached hydrogen (secondary N) is 1. The minimum atomic E-state index is -0.237. The highest BCUT2D eigenvalue weighted by Crippen LogP contribution is 2.23. The van der Waals surface area contributed by atoms with Crippen molar-refractivity contribution in [3.8, 4) is 5.75 Å². The zero-order chi connectivity index (χ0) is 13.0. The fraction of sp³-hybridized carbons (Fsp3) is 0.417. The van der Waals surface area contributed by atoms with Gasteiger partial charge in [0.25, 0.3) is 0 Å². The first kappa shape index (κ1) is 12.7. The van der Waals surface area contributed by atoms with E-state index in [1.54, 1.807) is 25.3 Å². The molecule has 1 fully saturated rings. The van der Waals surface area contributed by atoms with Gasteiger partial charge in [-0.3, -0.25) is 4.79 Å². The van der Waals surface area contributed by atoms with E-state index >= 15 is 0 Å². The first-order valence-electron chi connectivity index (χ1n) is 5.61. The molecule has 6 nitrogen and oxygen atoms in total. The van der Waals surface area contributed by atoms with Crippen LogP contribution in [-0.2, 0) is 14.3 Å². The molecule has 0 spiro atoms. The van der Waals surface area contributed by atoms with Gasteiger partial charge in [0.05, 0.1) is 31.7 Å². The standard InChI is InChI=1S/C12H16N2O4/c1-16-8-2-3-11(10(13)4-8)14-12(15)7-18-9-5-17-6-9/h2-4,9H,5-7,13H2,1H3,(H,14,15). The summed E-state index contributed by atoms with van der Waals surface area (Å²) in [4.78, 5) is 11.6. The van der Waals surface area contributed by atoms with E-state index in [1.807, 2.05) is 0 Å². The molecule has 1 aliphatic rings. The summed E-state index contributed by atoms with van der Waals surface area (Å²) in [7, 11) is 1.56. The maximum Gasteiger partial charge on any atom is 0.250 e. The summed E-state index contributed by atoms with van der Waals surface area (Å²) in [6.07, 6.45) is 0.0314. The van der Waals surface area contributed by atoms with E-state index in [4.69, 9.17) is 19.9 Å². The molecule has 98 valence electrons.